The number of amides is 2. The molecular weight excluding hydrogens is 288 g/mol. The zero-order valence-electron chi connectivity index (χ0n) is 11.3. The molecule has 108 valence electrons. The molecule has 1 fully saturated rings. The first-order valence-corrected chi connectivity index (χ1v) is 7.60. The van der Waals surface area contributed by atoms with Gasteiger partial charge in [-0.2, -0.15) is 0 Å². The Kier molecular flexibility index (Phi) is 3.92. The summed E-state index contributed by atoms with van der Waals surface area (Å²) in [5.41, 5.74) is 2.95. The minimum absolute atomic E-state index is 0.103. The van der Waals surface area contributed by atoms with Crippen LogP contribution < -0.4 is 10.2 Å². The van der Waals surface area contributed by atoms with Gasteiger partial charge in [0.15, 0.2) is 0 Å². The van der Waals surface area contributed by atoms with Crippen LogP contribution in [0.3, 0.4) is 0 Å². The summed E-state index contributed by atoms with van der Waals surface area (Å²) in [6.07, 6.45) is 3.10. The van der Waals surface area contributed by atoms with E-state index in [1.165, 1.54) is 11.3 Å². The maximum absolute atomic E-state index is 11.8. The molecule has 0 saturated carbocycles. The van der Waals surface area contributed by atoms with E-state index in [-0.39, 0.29) is 11.8 Å². The van der Waals surface area contributed by atoms with E-state index in [2.05, 4.69) is 15.3 Å². The normalized spacial score (nSPS) is 14.5. The number of rotatable bonds is 4. The minimum atomic E-state index is -0.202. The number of thiazole rings is 1. The van der Waals surface area contributed by atoms with Crippen LogP contribution >= 0.6 is 11.3 Å². The summed E-state index contributed by atoms with van der Waals surface area (Å²) < 4.78 is 0. The number of carbonyl (C=O) groups is 2. The van der Waals surface area contributed by atoms with Crippen molar-refractivity contribution in [3.8, 4) is 0 Å². The number of nitrogens with zero attached hydrogens (tertiary/aromatic N) is 3. The Balaban J connectivity index is 1.66. The monoisotopic (exact) mass is 302 g/mol. The van der Waals surface area contributed by atoms with Crippen LogP contribution in [-0.2, 0) is 11.3 Å². The van der Waals surface area contributed by atoms with E-state index in [9.17, 15) is 9.59 Å². The van der Waals surface area contributed by atoms with Gasteiger partial charge in [-0.25, -0.2) is 9.97 Å². The predicted molar refractivity (Wildman–Crippen MR) is 79.1 cm³/mol. The average molecular weight is 302 g/mol. The van der Waals surface area contributed by atoms with E-state index in [1.54, 1.807) is 22.0 Å². The number of hydrogen-bond acceptors (Lipinski definition) is 5. The highest BCUT2D eigenvalue weighted by atomic mass is 32.1. The van der Waals surface area contributed by atoms with Crippen LogP contribution in [0.2, 0.25) is 0 Å². The van der Waals surface area contributed by atoms with Gasteiger partial charge in [0.2, 0.25) is 5.91 Å². The second-order valence-electron chi connectivity index (χ2n) is 4.73. The highest BCUT2D eigenvalue weighted by molar-refractivity contribution is 7.07. The fraction of sp³-hybridized carbons (Fsp3) is 0.286. The topological polar surface area (TPSA) is 75.2 Å². The van der Waals surface area contributed by atoms with Crippen molar-refractivity contribution >= 4 is 29.0 Å². The second kappa shape index (κ2) is 6.01. The lowest BCUT2D eigenvalue weighted by atomic mass is 10.2. The van der Waals surface area contributed by atoms with Crippen molar-refractivity contribution in [3.63, 3.8) is 0 Å². The lowest BCUT2D eigenvalue weighted by molar-refractivity contribution is -0.117. The van der Waals surface area contributed by atoms with E-state index in [4.69, 9.17) is 0 Å². The van der Waals surface area contributed by atoms with Gasteiger partial charge >= 0.3 is 0 Å². The largest absolute Gasteiger partial charge is 0.347 e. The van der Waals surface area contributed by atoms with Crippen LogP contribution in [0.4, 0.5) is 5.82 Å². The smallest absolute Gasteiger partial charge is 0.271 e. The Bertz CT molecular complexity index is 657. The Labute approximate surface area is 125 Å². The van der Waals surface area contributed by atoms with Crippen LogP contribution in [-0.4, -0.2) is 28.3 Å². The summed E-state index contributed by atoms with van der Waals surface area (Å²) in [6.45, 7) is 1.09. The first kappa shape index (κ1) is 13.7. The van der Waals surface area contributed by atoms with E-state index < -0.39 is 0 Å². The second-order valence-corrected chi connectivity index (χ2v) is 5.45. The van der Waals surface area contributed by atoms with Crippen molar-refractivity contribution in [2.75, 3.05) is 11.4 Å². The highest BCUT2D eigenvalue weighted by Crippen LogP contribution is 2.19. The zero-order valence-corrected chi connectivity index (χ0v) is 12.1. The van der Waals surface area contributed by atoms with Crippen LogP contribution in [0.25, 0.3) is 0 Å². The number of anilines is 1. The molecule has 0 unspecified atom stereocenters. The van der Waals surface area contributed by atoms with Crippen LogP contribution in [0.5, 0.6) is 0 Å². The fourth-order valence-electron chi connectivity index (χ4n) is 2.21. The molecule has 1 N–H and O–H groups in total. The highest BCUT2D eigenvalue weighted by Gasteiger charge is 2.22. The number of pyridine rings is 1. The SMILES string of the molecule is O=C(NCc1ccnc(N2CCCC2=O)c1)c1cscn1. The van der Waals surface area contributed by atoms with Gasteiger partial charge in [0.05, 0.1) is 5.51 Å². The van der Waals surface area contributed by atoms with Gasteiger partial charge in [0.1, 0.15) is 11.5 Å². The molecule has 0 bridgehead atoms. The van der Waals surface area contributed by atoms with E-state index in [0.717, 1.165) is 12.0 Å². The summed E-state index contributed by atoms with van der Waals surface area (Å²) in [6, 6.07) is 3.66. The third kappa shape index (κ3) is 3.08. The number of hydrogen-bond donors (Lipinski definition) is 1. The van der Waals surface area contributed by atoms with E-state index in [0.29, 0.717) is 31.0 Å². The summed E-state index contributed by atoms with van der Waals surface area (Å²) in [7, 11) is 0. The molecule has 6 nitrogen and oxygen atoms in total. The predicted octanol–water partition coefficient (Wildman–Crippen LogP) is 1.59. The molecule has 3 rings (SSSR count). The van der Waals surface area contributed by atoms with Crippen LogP contribution in [0, 0.1) is 0 Å². The molecule has 2 aromatic heterocycles. The van der Waals surface area contributed by atoms with Gasteiger partial charge in [-0.15, -0.1) is 11.3 Å². The first-order chi connectivity index (χ1) is 10.2. The molecule has 0 aliphatic carbocycles. The third-order valence-electron chi connectivity index (χ3n) is 3.28. The maximum Gasteiger partial charge on any atom is 0.271 e. The molecule has 21 heavy (non-hydrogen) atoms. The van der Waals surface area contributed by atoms with Crippen molar-refractivity contribution < 1.29 is 9.59 Å². The van der Waals surface area contributed by atoms with Crippen molar-refractivity contribution in [2.24, 2.45) is 0 Å². The molecule has 0 atom stereocenters. The summed E-state index contributed by atoms with van der Waals surface area (Å²) in [5, 5.41) is 4.51. The lowest BCUT2D eigenvalue weighted by Crippen LogP contribution is -2.26. The Morgan fingerprint density at radius 2 is 2.33 bits per heavy atom. The fourth-order valence-corrected chi connectivity index (χ4v) is 2.74. The molecule has 2 amide bonds. The van der Waals surface area contributed by atoms with Crippen LogP contribution in [0.15, 0.2) is 29.2 Å². The number of aromatic nitrogens is 2. The van der Waals surface area contributed by atoms with E-state index in [1.807, 2.05) is 12.1 Å². The molecule has 1 saturated heterocycles. The van der Waals surface area contributed by atoms with Crippen molar-refractivity contribution in [3.05, 3.63) is 40.5 Å². The van der Waals surface area contributed by atoms with Crippen molar-refractivity contribution in [1.82, 2.24) is 15.3 Å². The summed E-state index contributed by atoms with van der Waals surface area (Å²) in [5.74, 6) is 0.552. The summed E-state index contributed by atoms with van der Waals surface area (Å²) in [4.78, 5) is 33.4. The van der Waals surface area contributed by atoms with Gasteiger partial charge in [0, 0.05) is 31.1 Å². The molecule has 0 radical (unpaired) electrons. The molecule has 1 aliphatic heterocycles. The van der Waals surface area contributed by atoms with Gasteiger partial charge in [0.25, 0.3) is 5.91 Å². The maximum atomic E-state index is 11.8. The zero-order chi connectivity index (χ0) is 14.7. The summed E-state index contributed by atoms with van der Waals surface area (Å²) >= 11 is 1.38. The van der Waals surface area contributed by atoms with Gasteiger partial charge in [-0.05, 0) is 24.1 Å². The lowest BCUT2D eigenvalue weighted by Gasteiger charge is -2.15. The number of carbonyl (C=O) groups excluding carboxylic acids is 2. The number of nitrogens with one attached hydrogen (secondary N) is 1. The van der Waals surface area contributed by atoms with Gasteiger partial charge < -0.3 is 5.32 Å². The molecule has 7 heteroatoms. The van der Waals surface area contributed by atoms with Gasteiger partial charge in [-0.1, -0.05) is 0 Å². The molecule has 3 heterocycles. The first-order valence-electron chi connectivity index (χ1n) is 6.66. The Morgan fingerprint density at radius 1 is 1.43 bits per heavy atom. The van der Waals surface area contributed by atoms with Crippen LogP contribution in [0.1, 0.15) is 28.9 Å². The third-order valence-corrected chi connectivity index (χ3v) is 3.86. The van der Waals surface area contributed by atoms with Crippen molar-refractivity contribution in [1.29, 1.82) is 0 Å². The molecule has 1 aliphatic rings. The van der Waals surface area contributed by atoms with E-state index >= 15 is 0 Å². The minimum Gasteiger partial charge on any atom is -0.347 e. The molecule has 0 aromatic carbocycles. The molecular formula is C14H14N4O2S. The van der Waals surface area contributed by atoms with Gasteiger partial charge in [-0.3, -0.25) is 14.5 Å². The quantitative estimate of drug-likeness (QED) is 0.930. The Morgan fingerprint density at radius 3 is 3.05 bits per heavy atom. The average Bonchev–Trinajstić information content (AvgIpc) is 3.16. The standard InChI is InChI=1S/C14H14N4O2S/c19-13-2-1-5-18(13)12-6-10(3-4-15-12)7-16-14(20)11-8-21-9-17-11/h3-4,6,8-9H,1-2,5,7H2,(H,16,20). The molecule has 0 spiro atoms. The van der Waals surface area contributed by atoms with Crippen molar-refractivity contribution in [2.45, 2.75) is 19.4 Å². The molecule has 2 aromatic rings. The Hall–Kier alpha value is -2.28.